The predicted molar refractivity (Wildman–Crippen MR) is 143 cm³/mol. The second kappa shape index (κ2) is 15.9. The summed E-state index contributed by atoms with van der Waals surface area (Å²) in [6.45, 7) is 7.13. The summed E-state index contributed by atoms with van der Waals surface area (Å²) in [5.41, 5.74) is 0.655. The van der Waals surface area contributed by atoms with Gasteiger partial charge in [0.1, 0.15) is 5.56 Å². The van der Waals surface area contributed by atoms with Crippen LogP contribution in [0, 0.1) is 6.92 Å². The van der Waals surface area contributed by atoms with Crippen molar-refractivity contribution in [2.24, 2.45) is 10.2 Å². The maximum absolute atomic E-state index is 13.3. The van der Waals surface area contributed by atoms with E-state index in [9.17, 15) is 22.8 Å². The number of nitrogens with zero attached hydrogens (tertiary/aromatic N) is 6. The average Bonchev–Trinajstić information content (AvgIpc) is 3.61. The molecule has 0 aromatic carbocycles. The number of rotatable bonds is 17. The molecule has 0 radical (unpaired) electrons. The van der Waals surface area contributed by atoms with Crippen LogP contribution in [-0.4, -0.2) is 108 Å². The molecule has 2 saturated heterocycles. The summed E-state index contributed by atoms with van der Waals surface area (Å²) < 4.78 is 28.0. The van der Waals surface area contributed by atoms with E-state index in [-0.39, 0.29) is 56.4 Å². The fourth-order valence-corrected chi connectivity index (χ4v) is 5.94. The fourth-order valence-electron chi connectivity index (χ4n) is 4.33. The van der Waals surface area contributed by atoms with Crippen LogP contribution in [0.2, 0.25) is 0 Å². The lowest BCUT2D eigenvalue weighted by molar-refractivity contribution is -0.291. The highest BCUT2D eigenvalue weighted by molar-refractivity contribution is 7.88. The van der Waals surface area contributed by atoms with Crippen molar-refractivity contribution in [1.82, 2.24) is 23.7 Å². The van der Waals surface area contributed by atoms with Gasteiger partial charge in [-0.15, -0.1) is 5.11 Å². The number of hydrogen-bond donors (Lipinski definition) is 1. The summed E-state index contributed by atoms with van der Waals surface area (Å²) in [6.07, 6.45) is 3.12. The Morgan fingerprint density at radius 1 is 0.927 bits per heavy atom. The third-order valence-corrected chi connectivity index (χ3v) is 8.24. The zero-order valence-electron chi connectivity index (χ0n) is 23.7. The Kier molecular flexibility index (Phi) is 12.6. The SMILES string of the molecule is CCOOCCCCN1C(=O)C(N=Nc2n[nH]c(C)c2C(=O)N2CCCC2)C(=O)N(CCCCOOCC)S1(=O)=O. The van der Waals surface area contributed by atoms with Gasteiger partial charge in [-0.3, -0.25) is 19.5 Å². The molecule has 0 unspecified atom stereocenters. The number of carbonyl (C=O) groups is 3. The average molecular weight is 602 g/mol. The van der Waals surface area contributed by atoms with E-state index in [0.29, 0.717) is 53.4 Å². The van der Waals surface area contributed by atoms with Crippen molar-refractivity contribution in [2.45, 2.75) is 65.3 Å². The molecule has 2 fully saturated rings. The van der Waals surface area contributed by atoms with Crippen LogP contribution in [0.25, 0.3) is 0 Å². The highest BCUT2D eigenvalue weighted by Gasteiger charge is 2.50. The van der Waals surface area contributed by atoms with Crippen molar-refractivity contribution in [3.05, 3.63) is 11.3 Å². The van der Waals surface area contributed by atoms with Gasteiger partial charge < -0.3 is 4.90 Å². The quantitative estimate of drug-likeness (QED) is 0.0908. The molecule has 1 N–H and O–H groups in total. The molecule has 3 heterocycles. The van der Waals surface area contributed by atoms with Gasteiger partial charge in [-0.25, -0.2) is 28.2 Å². The van der Waals surface area contributed by atoms with Crippen LogP contribution < -0.4 is 0 Å². The zero-order valence-corrected chi connectivity index (χ0v) is 24.6. The van der Waals surface area contributed by atoms with E-state index in [2.05, 4.69) is 20.4 Å². The Hall–Kier alpha value is -2.99. The molecule has 3 amide bonds. The number of aromatic nitrogens is 2. The molecular formula is C24H39N7O9S. The van der Waals surface area contributed by atoms with Crippen molar-refractivity contribution in [2.75, 3.05) is 52.6 Å². The van der Waals surface area contributed by atoms with E-state index in [1.807, 2.05) is 0 Å². The van der Waals surface area contributed by atoms with Crippen LogP contribution in [0.4, 0.5) is 5.82 Å². The van der Waals surface area contributed by atoms with Gasteiger partial charge in [-0.2, -0.15) is 18.6 Å². The van der Waals surface area contributed by atoms with Gasteiger partial charge in [0.2, 0.25) is 11.9 Å². The van der Waals surface area contributed by atoms with Crippen molar-refractivity contribution in [3.63, 3.8) is 0 Å². The third-order valence-electron chi connectivity index (χ3n) is 6.40. The largest absolute Gasteiger partial charge is 0.338 e. The van der Waals surface area contributed by atoms with Crippen LogP contribution >= 0.6 is 0 Å². The van der Waals surface area contributed by atoms with E-state index >= 15 is 0 Å². The minimum absolute atomic E-state index is 0.0762. The zero-order chi connectivity index (χ0) is 29.8. The molecule has 3 rings (SSSR count). The molecule has 2 aliphatic heterocycles. The van der Waals surface area contributed by atoms with Gasteiger partial charge in [0.25, 0.3) is 17.7 Å². The Morgan fingerprint density at radius 2 is 1.46 bits per heavy atom. The monoisotopic (exact) mass is 601 g/mol. The first-order valence-corrected chi connectivity index (χ1v) is 15.3. The van der Waals surface area contributed by atoms with Gasteiger partial charge >= 0.3 is 10.2 Å². The summed E-state index contributed by atoms with van der Waals surface area (Å²) in [4.78, 5) is 60.9. The molecular weight excluding hydrogens is 562 g/mol. The molecule has 2 aliphatic rings. The molecule has 0 atom stereocenters. The highest BCUT2D eigenvalue weighted by atomic mass is 32.2. The Labute approximate surface area is 239 Å². The number of carbonyl (C=O) groups excluding carboxylic acids is 3. The van der Waals surface area contributed by atoms with Crippen LogP contribution in [-0.2, 0) is 39.3 Å². The van der Waals surface area contributed by atoms with E-state index in [1.165, 1.54) is 0 Å². The molecule has 1 aromatic rings. The van der Waals surface area contributed by atoms with Crippen LogP contribution in [0.1, 0.15) is 68.4 Å². The molecule has 230 valence electrons. The first-order chi connectivity index (χ1) is 19.7. The van der Waals surface area contributed by atoms with E-state index < -0.39 is 28.1 Å². The smallest absolute Gasteiger partial charge is 0.330 e. The van der Waals surface area contributed by atoms with Gasteiger partial charge in [-0.1, -0.05) is 0 Å². The number of aryl methyl sites for hydroxylation is 1. The van der Waals surface area contributed by atoms with E-state index in [1.54, 1.807) is 25.7 Å². The molecule has 0 spiro atoms. The van der Waals surface area contributed by atoms with Gasteiger partial charge in [-0.05, 0) is 59.3 Å². The van der Waals surface area contributed by atoms with Crippen molar-refractivity contribution in [1.29, 1.82) is 0 Å². The normalized spacial score (nSPS) is 17.9. The van der Waals surface area contributed by atoms with Crippen LogP contribution in [0.5, 0.6) is 0 Å². The standard InChI is InChI=1S/C24H39N7O9S/c1-4-37-39-16-10-8-14-30-23(33)20(24(34)31(41(30,35)36)15-9-11-17-40-38-5-2)26-28-21-19(18(3)25-27-21)22(32)29-12-6-7-13-29/h20H,4-17H2,1-3H3,(H,25,27). The summed E-state index contributed by atoms with van der Waals surface area (Å²) in [7, 11) is -4.46. The minimum atomic E-state index is -4.46. The Bertz CT molecular complexity index is 1130. The first-order valence-electron chi connectivity index (χ1n) is 13.9. The second-order valence-electron chi connectivity index (χ2n) is 9.36. The van der Waals surface area contributed by atoms with Gasteiger partial charge in [0.05, 0.1) is 26.4 Å². The maximum atomic E-state index is 13.3. The van der Waals surface area contributed by atoms with E-state index in [4.69, 9.17) is 19.6 Å². The number of azo groups is 1. The maximum Gasteiger partial charge on any atom is 0.330 e. The molecule has 0 aliphatic carbocycles. The third kappa shape index (κ3) is 8.28. The number of H-pyrrole nitrogens is 1. The van der Waals surface area contributed by atoms with Crippen LogP contribution in [0.3, 0.4) is 0 Å². The molecule has 16 nitrogen and oxygen atoms in total. The summed E-state index contributed by atoms with van der Waals surface area (Å²) >= 11 is 0. The molecule has 0 bridgehead atoms. The highest BCUT2D eigenvalue weighted by Crippen LogP contribution is 2.27. The number of hydrogen-bond acceptors (Lipinski definition) is 12. The lowest BCUT2D eigenvalue weighted by Gasteiger charge is -2.36. The number of unbranched alkanes of at least 4 members (excludes halogenated alkanes) is 2. The van der Waals surface area contributed by atoms with Crippen molar-refractivity contribution >= 4 is 33.7 Å². The number of amides is 3. The van der Waals surface area contributed by atoms with Gasteiger partial charge in [0, 0.05) is 31.9 Å². The Morgan fingerprint density at radius 3 is 1.98 bits per heavy atom. The molecule has 0 saturated carbocycles. The van der Waals surface area contributed by atoms with Gasteiger partial charge in [0.15, 0.2) is 0 Å². The number of nitrogens with one attached hydrogen (secondary N) is 1. The fraction of sp³-hybridized carbons (Fsp3) is 0.750. The summed E-state index contributed by atoms with van der Waals surface area (Å²) in [5, 5.41) is 14.7. The van der Waals surface area contributed by atoms with Crippen molar-refractivity contribution in [3.8, 4) is 0 Å². The molecule has 1 aromatic heterocycles. The molecule has 41 heavy (non-hydrogen) atoms. The Balaban J connectivity index is 1.80. The lowest BCUT2D eigenvalue weighted by Crippen LogP contribution is -2.61. The van der Waals surface area contributed by atoms with E-state index in [0.717, 1.165) is 12.8 Å². The number of likely N-dealkylation sites (tertiary alicyclic amines) is 1. The topological polar surface area (TPSA) is 185 Å². The summed E-state index contributed by atoms with van der Waals surface area (Å²) in [5.74, 6) is -2.41. The second-order valence-corrected chi connectivity index (χ2v) is 11.1. The summed E-state index contributed by atoms with van der Waals surface area (Å²) in [6, 6.07) is -1.76. The molecule has 17 heteroatoms. The lowest BCUT2D eigenvalue weighted by atomic mass is 10.2. The van der Waals surface area contributed by atoms with Crippen molar-refractivity contribution < 1.29 is 42.4 Å². The van der Waals surface area contributed by atoms with Crippen LogP contribution in [0.15, 0.2) is 10.2 Å². The minimum Gasteiger partial charge on any atom is -0.338 e. The first kappa shape index (κ1) is 32.5. The predicted octanol–water partition coefficient (Wildman–Crippen LogP) is 1.82. The number of aromatic amines is 1.